The van der Waals surface area contributed by atoms with E-state index in [4.69, 9.17) is 0 Å². The van der Waals surface area contributed by atoms with Crippen LogP contribution < -0.4 is 9.80 Å². The van der Waals surface area contributed by atoms with E-state index in [0.29, 0.717) is 13.1 Å². The van der Waals surface area contributed by atoms with E-state index in [1.807, 2.05) is 36.1 Å². The molecule has 0 saturated carbocycles. The van der Waals surface area contributed by atoms with Crippen molar-refractivity contribution in [1.29, 1.82) is 0 Å². The van der Waals surface area contributed by atoms with Crippen LogP contribution in [0.15, 0.2) is 34.1 Å². The predicted molar refractivity (Wildman–Crippen MR) is 115 cm³/mol. The SMILES string of the molecule is Cc1csc(N2CCCN(C(=O)C3CC(=O)N(c4ccccc4Br)C3)CC2)n1. The van der Waals surface area contributed by atoms with Crippen LogP contribution in [0.1, 0.15) is 18.5 Å². The van der Waals surface area contributed by atoms with Crippen LogP contribution in [0, 0.1) is 12.8 Å². The number of hydrogen-bond acceptors (Lipinski definition) is 5. The van der Waals surface area contributed by atoms with E-state index in [-0.39, 0.29) is 24.2 Å². The number of halogens is 1. The highest BCUT2D eigenvalue weighted by Gasteiger charge is 2.38. The molecule has 2 amide bonds. The largest absolute Gasteiger partial charge is 0.346 e. The van der Waals surface area contributed by atoms with Gasteiger partial charge in [0.25, 0.3) is 0 Å². The lowest BCUT2D eigenvalue weighted by molar-refractivity contribution is -0.135. The average Bonchev–Trinajstić information content (AvgIpc) is 3.19. The van der Waals surface area contributed by atoms with Crippen LogP contribution >= 0.6 is 27.3 Å². The van der Waals surface area contributed by atoms with Crippen LogP contribution in [0.5, 0.6) is 0 Å². The third-order valence-corrected chi connectivity index (χ3v) is 6.99. The Bertz CT molecular complexity index is 887. The number of anilines is 2. The monoisotopic (exact) mass is 462 g/mol. The van der Waals surface area contributed by atoms with E-state index in [2.05, 4.69) is 31.2 Å². The van der Waals surface area contributed by atoms with Crippen LogP contribution in [0.2, 0.25) is 0 Å². The molecule has 0 aliphatic carbocycles. The van der Waals surface area contributed by atoms with Crippen LogP contribution in [0.4, 0.5) is 10.8 Å². The number of thiazole rings is 1. The molecular weight excluding hydrogens is 440 g/mol. The Hall–Kier alpha value is -1.93. The Labute approximate surface area is 177 Å². The lowest BCUT2D eigenvalue weighted by Crippen LogP contribution is -2.40. The Kier molecular flexibility index (Phi) is 5.68. The number of para-hydroxylation sites is 1. The van der Waals surface area contributed by atoms with Gasteiger partial charge in [-0.2, -0.15) is 0 Å². The summed E-state index contributed by atoms with van der Waals surface area (Å²) in [6.45, 7) is 5.56. The van der Waals surface area contributed by atoms with Gasteiger partial charge in [0.1, 0.15) is 0 Å². The van der Waals surface area contributed by atoms with Crippen molar-refractivity contribution in [1.82, 2.24) is 9.88 Å². The molecule has 0 spiro atoms. The number of nitrogens with zero attached hydrogens (tertiary/aromatic N) is 4. The van der Waals surface area contributed by atoms with Crippen molar-refractivity contribution >= 4 is 49.9 Å². The minimum atomic E-state index is -0.270. The first-order valence-corrected chi connectivity index (χ1v) is 11.2. The quantitative estimate of drug-likeness (QED) is 0.701. The molecule has 1 unspecified atom stereocenters. The van der Waals surface area contributed by atoms with E-state index in [1.165, 1.54) is 0 Å². The Morgan fingerprint density at radius 2 is 2.04 bits per heavy atom. The number of aromatic nitrogens is 1. The molecule has 1 aromatic carbocycles. The maximum atomic E-state index is 13.1. The van der Waals surface area contributed by atoms with Gasteiger partial charge in [0.15, 0.2) is 5.13 Å². The summed E-state index contributed by atoms with van der Waals surface area (Å²) in [4.78, 5) is 36.2. The van der Waals surface area contributed by atoms with Crippen molar-refractivity contribution in [2.45, 2.75) is 19.8 Å². The lowest BCUT2D eigenvalue weighted by Gasteiger charge is -2.24. The molecule has 8 heteroatoms. The fourth-order valence-corrected chi connectivity index (χ4v) is 5.21. The summed E-state index contributed by atoms with van der Waals surface area (Å²) in [6.07, 6.45) is 1.20. The van der Waals surface area contributed by atoms with Crippen molar-refractivity contribution in [3.63, 3.8) is 0 Å². The second-order valence-electron chi connectivity index (χ2n) is 7.29. The predicted octanol–water partition coefficient (Wildman–Crippen LogP) is 3.31. The van der Waals surface area contributed by atoms with Crippen LogP contribution in [0.3, 0.4) is 0 Å². The first kappa shape index (κ1) is 19.4. The van der Waals surface area contributed by atoms with E-state index >= 15 is 0 Å². The van der Waals surface area contributed by atoms with Gasteiger partial charge in [0, 0.05) is 49.0 Å². The van der Waals surface area contributed by atoms with E-state index in [0.717, 1.165) is 47.0 Å². The van der Waals surface area contributed by atoms with Gasteiger partial charge >= 0.3 is 0 Å². The van der Waals surface area contributed by atoms with E-state index < -0.39 is 0 Å². The topological polar surface area (TPSA) is 56.8 Å². The minimum Gasteiger partial charge on any atom is -0.346 e. The molecule has 2 fully saturated rings. The number of rotatable bonds is 3. The fraction of sp³-hybridized carbons (Fsp3) is 0.450. The third kappa shape index (κ3) is 3.93. The zero-order valence-corrected chi connectivity index (χ0v) is 18.2. The summed E-state index contributed by atoms with van der Waals surface area (Å²) >= 11 is 5.16. The maximum Gasteiger partial charge on any atom is 0.228 e. The summed E-state index contributed by atoms with van der Waals surface area (Å²) in [5.74, 6) is -0.159. The Morgan fingerprint density at radius 3 is 2.79 bits per heavy atom. The zero-order valence-electron chi connectivity index (χ0n) is 15.8. The smallest absolute Gasteiger partial charge is 0.228 e. The summed E-state index contributed by atoms with van der Waals surface area (Å²) < 4.78 is 0.876. The van der Waals surface area contributed by atoms with Gasteiger partial charge in [0.05, 0.1) is 17.3 Å². The number of benzene rings is 1. The minimum absolute atomic E-state index is 0.0139. The highest BCUT2D eigenvalue weighted by molar-refractivity contribution is 9.10. The summed E-state index contributed by atoms with van der Waals surface area (Å²) in [7, 11) is 0. The fourth-order valence-electron chi connectivity index (χ4n) is 3.85. The highest BCUT2D eigenvalue weighted by Crippen LogP contribution is 2.32. The second kappa shape index (κ2) is 8.21. The molecule has 2 saturated heterocycles. The molecule has 0 radical (unpaired) electrons. The highest BCUT2D eigenvalue weighted by atomic mass is 79.9. The van der Waals surface area contributed by atoms with E-state index in [9.17, 15) is 9.59 Å². The molecule has 6 nitrogen and oxygen atoms in total. The first-order chi connectivity index (χ1) is 13.5. The van der Waals surface area contributed by atoms with Crippen LogP contribution in [-0.2, 0) is 9.59 Å². The van der Waals surface area contributed by atoms with Gasteiger partial charge in [-0.3, -0.25) is 9.59 Å². The van der Waals surface area contributed by atoms with Gasteiger partial charge in [0.2, 0.25) is 11.8 Å². The zero-order chi connectivity index (χ0) is 19.7. The van der Waals surface area contributed by atoms with Crippen LogP contribution in [-0.4, -0.2) is 54.4 Å². The number of amides is 2. The number of hydrogen-bond donors (Lipinski definition) is 0. The van der Waals surface area contributed by atoms with Gasteiger partial charge in [-0.25, -0.2) is 4.98 Å². The van der Waals surface area contributed by atoms with Crippen LogP contribution in [0.25, 0.3) is 0 Å². The molecule has 4 rings (SSSR count). The molecule has 3 heterocycles. The van der Waals surface area contributed by atoms with Gasteiger partial charge in [-0.1, -0.05) is 12.1 Å². The molecule has 0 bridgehead atoms. The molecule has 1 aromatic heterocycles. The normalized spacial score (nSPS) is 20.6. The number of carbonyl (C=O) groups excluding carboxylic acids is 2. The molecular formula is C20H23BrN4O2S. The van der Waals surface area contributed by atoms with Crippen molar-refractivity contribution in [3.05, 3.63) is 39.8 Å². The van der Waals surface area contributed by atoms with Crippen molar-refractivity contribution in [3.8, 4) is 0 Å². The summed E-state index contributed by atoms with van der Waals surface area (Å²) in [5.41, 5.74) is 1.87. The van der Waals surface area contributed by atoms with Gasteiger partial charge in [-0.05, 0) is 41.4 Å². The standard InChI is InChI=1S/C20H23BrN4O2S/c1-14-13-28-20(22-14)24-8-4-7-23(9-10-24)19(27)15-11-18(26)25(12-15)17-6-3-2-5-16(17)21/h2-3,5-6,13,15H,4,7-12H2,1H3. The average molecular weight is 463 g/mol. The number of aryl methyl sites for hydroxylation is 1. The molecule has 1 atom stereocenters. The van der Waals surface area contributed by atoms with Crippen molar-refractivity contribution in [2.24, 2.45) is 5.92 Å². The first-order valence-electron chi connectivity index (χ1n) is 9.53. The molecule has 28 heavy (non-hydrogen) atoms. The maximum absolute atomic E-state index is 13.1. The molecule has 148 valence electrons. The third-order valence-electron chi connectivity index (χ3n) is 5.30. The van der Waals surface area contributed by atoms with Gasteiger partial charge in [-0.15, -0.1) is 11.3 Å². The molecule has 2 aliphatic heterocycles. The second-order valence-corrected chi connectivity index (χ2v) is 8.99. The Morgan fingerprint density at radius 1 is 1.21 bits per heavy atom. The summed E-state index contributed by atoms with van der Waals surface area (Å²) in [6, 6.07) is 7.66. The van der Waals surface area contributed by atoms with Gasteiger partial charge < -0.3 is 14.7 Å². The van der Waals surface area contributed by atoms with Crippen molar-refractivity contribution in [2.75, 3.05) is 42.5 Å². The lowest BCUT2D eigenvalue weighted by atomic mass is 10.1. The number of carbonyl (C=O) groups is 2. The van der Waals surface area contributed by atoms with Crippen molar-refractivity contribution < 1.29 is 9.59 Å². The molecule has 2 aromatic rings. The molecule has 0 N–H and O–H groups in total. The van der Waals surface area contributed by atoms with E-state index in [1.54, 1.807) is 16.2 Å². The molecule has 2 aliphatic rings. The summed E-state index contributed by atoms with van der Waals surface area (Å²) in [5, 5.41) is 3.09. The Balaban J connectivity index is 1.41.